The number of hydrogen-bond donors (Lipinski definition) is 2. The number of fused-ring (bicyclic) bond motifs is 1. The van der Waals surface area contributed by atoms with Gasteiger partial charge in [0, 0.05) is 13.6 Å². The lowest BCUT2D eigenvalue weighted by Crippen LogP contribution is -2.47. The van der Waals surface area contributed by atoms with Crippen LogP contribution in [-0.2, 0) is 23.2 Å². The van der Waals surface area contributed by atoms with E-state index >= 15 is 0 Å². The second-order valence-electron chi connectivity index (χ2n) is 5.59. The van der Waals surface area contributed by atoms with Gasteiger partial charge in [0.2, 0.25) is 11.8 Å². The average Bonchev–Trinajstić information content (AvgIpc) is 2.78. The smallest absolute Gasteiger partial charge is 0.264 e. The summed E-state index contributed by atoms with van der Waals surface area (Å²) >= 11 is 0. The summed E-state index contributed by atoms with van der Waals surface area (Å²) in [5.41, 5.74) is 0.137. The fourth-order valence-corrected chi connectivity index (χ4v) is 2.65. The molecule has 2 aromatic heterocycles. The molecule has 2 N–H and O–H groups in total. The van der Waals surface area contributed by atoms with E-state index in [1.54, 1.807) is 7.05 Å². The van der Waals surface area contributed by atoms with E-state index in [-0.39, 0.29) is 23.9 Å². The maximum atomic E-state index is 12.3. The normalized spacial score (nSPS) is 18.5. The summed E-state index contributed by atoms with van der Waals surface area (Å²) in [5, 5.41) is 9.77. The van der Waals surface area contributed by atoms with E-state index in [2.05, 4.69) is 20.7 Å². The molecule has 0 radical (unpaired) electrons. The molecule has 23 heavy (non-hydrogen) atoms. The van der Waals surface area contributed by atoms with Crippen molar-refractivity contribution in [2.45, 2.75) is 31.8 Å². The molecule has 1 aliphatic heterocycles. The summed E-state index contributed by atoms with van der Waals surface area (Å²) in [5.74, 6) is -0.566. The van der Waals surface area contributed by atoms with E-state index in [1.807, 2.05) is 0 Å². The van der Waals surface area contributed by atoms with Gasteiger partial charge in [-0.3, -0.25) is 23.6 Å². The van der Waals surface area contributed by atoms with Crippen LogP contribution in [0.25, 0.3) is 11.0 Å². The Bertz CT molecular complexity index is 808. The highest BCUT2D eigenvalue weighted by Crippen LogP contribution is 2.06. The van der Waals surface area contributed by atoms with Crippen molar-refractivity contribution in [1.82, 2.24) is 30.0 Å². The molecule has 2 amide bonds. The van der Waals surface area contributed by atoms with E-state index in [0.717, 1.165) is 12.8 Å². The molecule has 0 spiro atoms. The van der Waals surface area contributed by atoms with Gasteiger partial charge in [0.1, 0.15) is 24.3 Å². The van der Waals surface area contributed by atoms with Crippen LogP contribution in [0.4, 0.5) is 0 Å². The van der Waals surface area contributed by atoms with Gasteiger partial charge in [-0.15, -0.1) is 0 Å². The van der Waals surface area contributed by atoms with Crippen molar-refractivity contribution < 1.29 is 9.59 Å². The molecule has 0 saturated carbocycles. The highest BCUT2D eigenvalue weighted by atomic mass is 16.2. The number of nitrogens with zero attached hydrogens (tertiary/aromatic N) is 4. The van der Waals surface area contributed by atoms with E-state index in [0.29, 0.717) is 24.0 Å². The Morgan fingerprint density at radius 2 is 2.26 bits per heavy atom. The van der Waals surface area contributed by atoms with Crippen LogP contribution in [0.5, 0.6) is 0 Å². The van der Waals surface area contributed by atoms with Crippen LogP contribution in [0.1, 0.15) is 19.3 Å². The van der Waals surface area contributed by atoms with Gasteiger partial charge in [-0.25, -0.2) is 4.98 Å². The maximum Gasteiger partial charge on any atom is 0.264 e. The second kappa shape index (κ2) is 6.19. The third-order valence-electron chi connectivity index (χ3n) is 3.90. The Kier molecular flexibility index (Phi) is 4.09. The Morgan fingerprint density at radius 3 is 3.09 bits per heavy atom. The lowest BCUT2D eigenvalue weighted by molar-refractivity contribution is -0.129. The minimum atomic E-state index is -0.546. The van der Waals surface area contributed by atoms with Gasteiger partial charge in [0.15, 0.2) is 5.65 Å². The predicted molar refractivity (Wildman–Crippen MR) is 81.6 cm³/mol. The Hall–Kier alpha value is -2.71. The molecule has 1 aliphatic rings. The molecule has 0 aromatic carbocycles. The molecule has 1 saturated heterocycles. The monoisotopic (exact) mass is 318 g/mol. The number of rotatable bonds is 3. The molecular weight excluding hydrogens is 300 g/mol. The van der Waals surface area contributed by atoms with E-state index < -0.39 is 6.04 Å². The van der Waals surface area contributed by atoms with Crippen molar-refractivity contribution in [1.29, 1.82) is 0 Å². The molecule has 9 nitrogen and oxygen atoms in total. The van der Waals surface area contributed by atoms with Crippen molar-refractivity contribution in [3.05, 3.63) is 22.9 Å². The summed E-state index contributed by atoms with van der Waals surface area (Å²) < 4.78 is 2.71. The van der Waals surface area contributed by atoms with Crippen LogP contribution in [-0.4, -0.2) is 43.7 Å². The van der Waals surface area contributed by atoms with E-state index in [4.69, 9.17) is 0 Å². The SMILES string of the molecule is Cn1ncc2c(=O)n(CC(=O)NC3CCCCNC3=O)cnc21. The van der Waals surface area contributed by atoms with Gasteiger partial charge in [-0.1, -0.05) is 0 Å². The summed E-state index contributed by atoms with van der Waals surface area (Å²) in [4.78, 5) is 40.4. The van der Waals surface area contributed by atoms with Gasteiger partial charge < -0.3 is 10.6 Å². The standard InChI is InChI=1S/C14H18N6O3/c1-19-12-9(6-17-19)14(23)20(8-16-12)7-11(21)18-10-4-2-3-5-15-13(10)22/h6,8,10H,2-5,7H2,1H3,(H,15,22)(H,18,21). The van der Waals surface area contributed by atoms with Crippen molar-refractivity contribution in [2.24, 2.45) is 7.05 Å². The van der Waals surface area contributed by atoms with Gasteiger partial charge in [-0.05, 0) is 19.3 Å². The highest BCUT2D eigenvalue weighted by Gasteiger charge is 2.22. The number of hydrogen-bond acceptors (Lipinski definition) is 5. The zero-order valence-electron chi connectivity index (χ0n) is 12.8. The zero-order chi connectivity index (χ0) is 16.4. The Morgan fingerprint density at radius 1 is 1.43 bits per heavy atom. The van der Waals surface area contributed by atoms with Gasteiger partial charge in [0.05, 0.1) is 6.20 Å². The molecule has 2 aromatic rings. The fourth-order valence-electron chi connectivity index (χ4n) is 2.65. The summed E-state index contributed by atoms with van der Waals surface area (Å²) in [6.45, 7) is 0.451. The average molecular weight is 318 g/mol. The van der Waals surface area contributed by atoms with E-state index in [9.17, 15) is 14.4 Å². The second-order valence-corrected chi connectivity index (χ2v) is 5.59. The van der Waals surface area contributed by atoms with Crippen LogP contribution >= 0.6 is 0 Å². The zero-order valence-corrected chi connectivity index (χ0v) is 12.8. The molecule has 9 heteroatoms. The summed E-state index contributed by atoms with van der Waals surface area (Å²) in [6.07, 6.45) is 5.12. The van der Waals surface area contributed by atoms with Gasteiger partial charge in [0.25, 0.3) is 5.56 Å². The first-order valence-electron chi connectivity index (χ1n) is 7.50. The number of carbonyl (C=O) groups excluding carboxylic acids is 2. The predicted octanol–water partition coefficient (Wildman–Crippen LogP) is -1.09. The maximum absolute atomic E-state index is 12.3. The highest BCUT2D eigenvalue weighted by molar-refractivity contribution is 5.87. The van der Waals surface area contributed by atoms with Crippen molar-refractivity contribution in [3.63, 3.8) is 0 Å². The Balaban J connectivity index is 1.74. The van der Waals surface area contributed by atoms with Crippen LogP contribution in [0.3, 0.4) is 0 Å². The van der Waals surface area contributed by atoms with Crippen LogP contribution in [0.15, 0.2) is 17.3 Å². The quantitative estimate of drug-likeness (QED) is 0.747. The Labute approximate surface area is 131 Å². The first kappa shape index (κ1) is 15.2. The number of nitrogens with one attached hydrogen (secondary N) is 2. The third-order valence-corrected chi connectivity index (χ3v) is 3.90. The van der Waals surface area contributed by atoms with Crippen molar-refractivity contribution >= 4 is 22.8 Å². The molecule has 3 heterocycles. The van der Waals surface area contributed by atoms with Crippen molar-refractivity contribution in [3.8, 4) is 0 Å². The lowest BCUT2D eigenvalue weighted by atomic mass is 10.1. The summed E-state index contributed by atoms with van der Waals surface area (Å²) in [6, 6.07) is -0.546. The third kappa shape index (κ3) is 3.08. The molecule has 3 rings (SSSR count). The molecule has 1 atom stereocenters. The lowest BCUT2D eigenvalue weighted by Gasteiger charge is -2.15. The molecule has 1 fully saturated rings. The fraction of sp³-hybridized carbons (Fsp3) is 0.500. The first-order valence-corrected chi connectivity index (χ1v) is 7.50. The largest absolute Gasteiger partial charge is 0.354 e. The first-order chi connectivity index (χ1) is 11.1. The number of amides is 2. The van der Waals surface area contributed by atoms with E-state index in [1.165, 1.54) is 21.8 Å². The topological polar surface area (TPSA) is 111 Å². The van der Waals surface area contributed by atoms with Crippen LogP contribution < -0.4 is 16.2 Å². The van der Waals surface area contributed by atoms with Crippen LogP contribution in [0.2, 0.25) is 0 Å². The number of carbonyl (C=O) groups is 2. The molecule has 0 bridgehead atoms. The number of aromatic nitrogens is 4. The van der Waals surface area contributed by atoms with Crippen LogP contribution in [0, 0.1) is 0 Å². The molecule has 1 unspecified atom stereocenters. The van der Waals surface area contributed by atoms with Gasteiger partial charge >= 0.3 is 0 Å². The minimum absolute atomic E-state index is 0.177. The molecular formula is C14H18N6O3. The number of aryl methyl sites for hydroxylation is 1. The molecule has 0 aliphatic carbocycles. The molecule has 122 valence electrons. The van der Waals surface area contributed by atoms with Crippen molar-refractivity contribution in [2.75, 3.05) is 6.54 Å². The van der Waals surface area contributed by atoms with Gasteiger partial charge in [-0.2, -0.15) is 5.10 Å². The minimum Gasteiger partial charge on any atom is -0.354 e. The summed E-state index contributed by atoms with van der Waals surface area (Å²) in [7, 11) is 1.69.